The molecule has 2 aromatic rings. The fourth-order valence-electron chi connectivity index (χ4n) is 2.54. The summed E-state index contributed by atoms with van der Waals surface area (Å²) in [6.45, 7) is 2.69. The number of hydrogen-bond acceptors (Lipinski definition) is 5. The predicted octanol–water partition coefficient (Wildman–Crippen LogP) is 2.33. The van der Waals surface area contributed by atoms with Crippen molar-refractivity contribution in [3.63, 3.8) is 0 Å². The van der Waals surface area contributed by atoms with Crippen LogP contribution in [0.2, 0.25) is 0 Å². The Morgan fingerprint density at radius 3 is 2.54 bits per heavy atom. The number of carboxylic acids is 1. The molecule has 1 aromatic carbocycles. The summed E-state index contributed by atoms with van der Waals surface area (Å²) < 4.78 is 16.3. The summed E-state index contributed by atoms with van der Waals surface area (Å²) in [5.74, 6) is 0.618. The molecule has 0 bridgehead atoms. The fourth-order valence-corrected chi connectivity index (χ4v) is 2.54. The third-order valence-corrected chi connectivity index (χ3v) is 3.73. The molecular formula is C17H17NO6. The minimum atomic E-state index is -1.05. The van der Waals surface area contributed by atoms with Crippen LogP contribution in [0, 0.1) is 6.92 Å². The van der Waals surface area contributed by atoms with Crippen LogP contribution in [0.1, 0.15) is 32.2 Å². The molecule has 0 aliphatic carbocycles. The van der Waals surface area contributed by atoms with Crippen molar-refractivity contribution in [1.82, 2.24) is 4.90 Å². The molecule has 0 atom stereocenters. The molecule has 24 heavy (non-hydrogen) atoms. The van der Waals surface area contributed by atoms with Gasteiger partial charge in [-0.25, -0.2) is 4.79 Å². The second kappa shape index (κ2) is 6.27. The van der Waals surface area contributed by atoms with E-state index in [2.05, 4.69) is 0 Å². The molecular weight excluding hydrogens is 314 g/mol. The average Bonchev–Trinajstić information content (AvgIpc) is 2.94. The first-order chi connectivity index (χ1) is 11.5. The highest BCUT2D eigenvalue weighted by Crippen LogP contribution is 2.31. The zero-order valence-corrected chi connectivity index (χ0v) is 13.4. The number of benzene rings is 1. The van der Waals surface area contributed by atoms with Crippen molar-refractivity contribution in [2.24, 2.45) is 0 Å². The van der Waals surface area contributed by atoms with Crippen LogP contribution in [0.3, 0.4) is 0 Å². The van der Waals surface area contributed by atoms with E-state index < -0.39 is 5.97 Å². The maximum atomic E-state index is 12.5. The van der Waals surface area contributed by atoms with Gasteiger partial charge in [0.1, 0.15) is 30.3 Å². The van der Waals surface area contributed by atoms with E-state index in [4.69, 9.17) is 19.0 Å². The molecule has 1 N–H and O–H groups in total. The maximum Gasteiger partial charge on any atom is 0.339 e. The van der Waals surface area contributed by atoms with Crippen LogP contribution in [0.15, 0.2) is 28.7 Å². The van der Waals surface area contributed by atoms with Crippen molar-refractivity contribution in [2.45, 2.75) is 13.5 Å². The molecule has 3 rings (SSSR count). The first-order valence-electron chi connectivity index (χ1n) is 7.43. The van der Waals surface area contributed by atoms with Crippen LogP contribution < -0.4 is 9.47 Å². The Labute approximate surface area is 138 Å². The number of furan rings is 1. The van der Waals surface area contributed by atoms with Crippen LogP contribution in [-0.4, -0.2) is 42.1 Å². The van der Waals surface area contributed by atoms with Gasteiger partial charge in [-0.2, -0.15) is 0 Å². The Kier molecular flexibility index (Phi) is 4.16. The van der Waals surface area contributed by atoms with Gasteiger partial charge in [0.25, 0.3) is 5.91 Å². The third kappa shape index (κ3) is 3.05. The summed E-state index contributed by atoms with van der Waals surface area (Å²) in [7, 11) is 1.62. The molecule has 1 aliphatic rings. The van der Waals surface area contributed by atoms with Gasteiger partial charge in [-0.3, -0.25) is 4.79 Å². The van der Waals surface area contributed by atoms with Crippen LogP contribution in [-0.2, 0) is 6.54 Å². The molecule has 1 aromatic heterocycles. The van der Waals surface area contributed by atoms with Gasteiger partial charge < -0.3 is 23.9 Å². The van der Waals surface area contributed by atoms with Gasteiger partial charge in [0.2, 0.25) is 0 Å². The smallest absolute Gasteiger partial charge is 0.339 e. The third-order valence-electron chi connectivity index (χ3n) is 3.73. The molecule has 1 amide bonds. The lowest BCUT2D eigenvalue weighted by Gasteiger charge is -2.20. The number of rotatable bonds is 4. The molecule has 0 radical (unpaired) electrons. The number of carboxylic acid groups (broad SMARTS) is 1. The van der Waals surface area contributed by atoms with Gasteiger partial charge >= 0.3 is 5.97 Å². The molecule has 2 heterocycles. The number of hydrogen-bond donors (Lipinski definition) is 1. The van der Waals surface area contributed by atoms with Gasteiger partial charge in [-0.05, 0) is 31.2 Å². The lowest BCUT2D eigenvalue weighted by Crippen LogP contribution is -2.26. The number of carbonyl (C=O) groups is 2. The van der Waals surface area contributed by atoms with Crippen LogP contribution in [0.5, 0.6) is 11.5 Å². The second-order valence-electron chi connectivity index (χ2n) is 5.51. The lowest BCUT2D eigenvalue weighted by atomic mass is 10.1. The average molecular weight is 331 g/mol. The van der Waals surface area contributed by atoms with Crippen molar-refractivity contribution < 1.29 is 28.6 Å². The predicted molar refractivity (Wildman–Crippen MR) is 83.6 cm³/mol. The Bertz CT molecular complexity index is 794. The van der Waals surface area contributed by atoms with E-state index in [0.29, 0.717) is 41.8 Å². The highest BCUT2D eigenvalue weighted by Gasteiger charge is 2.20. The number of ether oxygens (including phenoxy) is 2. The molecule has 0 unspecified atom stereocenters. The summed E-state index contributed by atoms with van der Waals surface area (Å²) in [6, 6.07) is 6.45. The Hall–Kier alpha value is -2.96. The maximum absolute atomic E-state index is 12.5. The highest BCUT2D eigenvalue weighted by molar-refractivity contribution is 5.94. The molecule has 126 valence electrons. The van der Waals surface area contributed by atoms with Crippen molar-refractivity contribution in [2.75, 3.05) is 20.3 Å². The van der Waals surface area contributed by atoms with Crippen molar-refractivity contribution in [3.05, 3.63) is 46.9 Å². The van der Waals surface area contributed by atoms with Crippen LogP contribution in [0.25, 0.3) is 0 Å². The first kappa shape index (κ1) is 15.9. The summed E-state index contributed by atoms with van der Waals surface area (Å²) in [4.78, 5) is 25.0. The molecule has 0 saturated heterocycles. The molecule has 7 nitrogen and oxygen atoms in total. The van der Waals surface area contributed by atoms with E-state index in [1.807, 2.05) is 0 Å². The van der Waals surface area contributed by atoms with E-state index in [1.165, 1.54) is 11.0 Å². The number of carbonyl (C=O) groups excluding carboxylic acids is 1. The minimum absolute atomic E-state index is 0.102. The minimum Gasteiger partial charge on any atom is -0.486 e. The monoisotopic (exact) mass is 331 g/mol. The van der Waals surface area contributed by atoms with Gasteiger partial charge in [0.15, 0.2) is 11.5 Å². The normalized spacial score (nSPS) is 12.8. The van der Waals surface area contributed by atoms with Crippen molar-refractivity contribution >= 4 is 11.9 Å². The van der Waals surface area contributed by atoms with Crippen molar-refractivity contribution in [3.8, 4) is 11.5 Å². The zero-order chi connectivity index (χ0) is 17.3. The van der Waals surface area contributed by atoms with Gasteiger partial charge in [0, 0.05) is 12.6 Å². The number of nitrogens with zero attached hydrogens (tertiary/aromatic N) is 1. The number of aryl methyl sites for hydroxylation is 1. The number of aromatic carboxylic acids is 1. The van der Waals surface area contributed by atoms with Gasteiger partial charge in [-0.15, -0.1) is 0 Å². The van der Waals surface area contributed by atoms with E-state index in [1.54, 1.807) is 32.2 Å². The zero-order valence-electron chi connectivity index (χ0n) is 13.4. The summed E-state index contributed by atoms with van der Waals surface area (Å²) >= 11 is 0. The molecule has 0 saturated carbocycles. The van der Waals surface area contributed by atoms with E-state index in [9.17, 15) is 9.59 Å². The molecule has 0 spiro atoms. The number of amides is 1. The quantitative estimate of drug-likeness (QED) is 0.925. The van der Waals surface area contributed by atoms with Gasteiger partial charge in [0.05, 0.1) is 6.54 Å². The Morgan fingerprint density at radius 2 is 1.88 bits per heavy atom. The largest absolute Gasteiger partial charge is 0.486 e. The van der Waals surface area contributed by atoms with E-state index in [0.717, 1.165) is 0 Å². The summed E-state index contributed by atoms with van der Waals surface area (Å²) in [5.41, 5.74) is 0.564. The first-order valence-corrected chi connectivity index (χ1v) is 7.43. The molecule has 1 aliphatic heterocycles. The summed E-state index contributed by atoms with van der Waals surface area (Å²) in [5, 5.41) is 9.05. The number of fused-ring (bicyclic) bond motifs is 1. The van der Waals surface area contributed by atoms with Crippen LogP contribution >= 0.6 is 0 Å². The summed E-state index contributed by atoms with van der Waals surface area (Å²) in [6.07, 6.45) is 0. The lowest BCUT2D eigenvalue weighted by molar-refractivity contribution is 0.0694. The Morgan fingerprint density at radius 1 is 1.17 bits per heavy atom. The topological polar surface area (TPSA) is 89.2 Å². The van der Waals surface area contributed by atoms with Crippen LogP contribution in [0.4, 0.5) is 0 Å². The van der Waals surface area contributed by atoms with Crippen molar-refractivity contribution in [1.29, 1.82) is 0 Å². The molecule has 0 fully saturated rings. The second-order valence-corrected chi connectivity index (χ2v) is 5.51. The Balaban J connectivity index is 1.75. The highest BCUT2D eigenvalue weighted by atomic mass is 16.6. The van der Waals surface area contributed by atoms with E-state index in [-0.39, 0.29) is 18.0 Å². The standard InChI is InChI=1S/C17H17NO6/c1-10-13(17(20)21)8-12(24-10)9-18(2)16(19)11-3-4-14-15(7-11)23-6-5-22-14/h3-4,7-8H,5-6,9H2,1-2H3,(H,20,21). The van der Waals surface area contributed by atoms with Gasteiger partial charge in [-0.1, -0.05) is 0 Å². The van der Waals surface area contributed by atoms with E-state index >= 15 is 0 Å². The molecule has 7 heteroatoms. The fraction of sp³-hybridized carbons (Fsp3) is 0.294. The SMILES string of the molecule is Cc1oc(CN(C)C(=O)c2ccc3c(c2)OCCO3)cc1C(=O)O.